The average Bonchev–Trinajstić information content (AvgIpc) is 2.74. The number of nitrogens with one attached hydrogen (secondary N) is 1. The van der Waals surface area contributed by atoms with Gasteiger partial charge in [-0.3, -0.25) is 9.10 Å². The highest BCUT2D eigenvalue weighted by molar-refractivity contribution is 7.92. The number of hydrogen-bond acceptors (Lipinski definition) is 5. The topological polar surface area (TPSA) is 104 Å². The normalized spacial score (nSPS) is 12.1. The van der Waals surface area contributed by atoms with E-state index < -0.39 is 20.0 Å². The second-order valence-electron chi connectivity index (χ2n) is 7.48. The molecule has 0 saturated carbocycles. The number of halogens is 1. The first-order valence-electron chi connectivity index (χ1n) is 10.5. The van der Waals surface area contributed by atoms with Crippen LogP contribution in [0.2, 0.25) is 5.02 Å². The highest BCUT2D eigenvalue weighted by Crippen LogP contribution is 2.28. The molecule has 33 heavy (non-hydrogen) atoms. The van der Waals surface area contributed by atoms with E-state index in [2.05, 4.69) is 5.32 Å². The predicted octanol–water partition coefficient (Wildman–Crippen LogP) is 3.86. The van der Waals surface area contributed by atoms with Crippen molar-refractivity contribution in [3.05, 3.63) is 53.1 Å². The van der Waals surface area contributed by atoms with E-state index in [1.807, 2.05) is 0 Å². The summed E-state index contributed by atoms with van der Waals surface area (Å²) >= 11 is 6.13. The first-order valence-corrected chi connectivity index (χ1v) is 14.2. The predicted molar refractivity (Wildman–Crippen MR) is 133 cm³/mol. The molecule has 0 heterocycles. The summed E-state index contributed by atoms with van der Waals surface area (Å²) in [6.07, 6.45) is 1.49. The van der Waals surface area contributed by atoms with Gasteiger partial charge in [0.1, 0.15) is 0 Å². The number of rotatable bonds is 11. The van der Waals surface area contributed by atoms with Crippen LogP contribution >= 0.6 is 11.6 Å². The van der Waals surface area contributed by atoms with Crippen molar-refractivity contribution < 1.29 is 21.6 Å². The monoisotopic (exact) mass is 515 g/mol. The van der Waals surface area contributed by atoms with Crippen molar-refractivity contribution in [3.63, 3.8) is 0 Å². The fourth-order valence-electron chi connectivity index (χ4n) is 3.36. The van der Waals surface area contributed by atoms with Gasteiger partial charge < -0.3 is 5.32 Å². The molecule has 8 nitrogen and oxygen atoms in total. The maximum Gasteiger partial charge on any atom is 0.243 e. The van der Waals surface area contributed by atoms with Gasteiger partial charge in [-0.15, -0.1) is 0 Å². The number of carbonyl (C=O) groups excluding carboxylic acids is 1. The van der Waals surface area contributed by atoms with Crippen LogP contribution in [0.5, 0.6) is 0 Å². The van der Waals surface area contributed by atoms with Gasteiger partial charge in [0.2, 0.25) is 26.0 Å². The molecule has 0 fully saturated rings. The van der Waals surface area contributed by atoms with E-state index >= 15 is 0 Å². The fraction of sp³-hybridized carbons (Fsp3) is 0.409. The van der Waals surface area contributed by atoms with E-state index in [-0.39, 0.29) is 23.8 Å². The third kappa shape index (κ3) is 6.92. The molecule has 0 aliphatic rings. The van der Waals surface area contributed by atoms with E-state index in [9.17, 15) is 21.6 Å². The molecule has 182 valence electrons. The first-order chi connectivity index (χ1) is 15.4. The Morgan fingerprint density at radius 3 is 2.15 bits per heavy atom. The van der Waals surface area contributed by atoms with Gasteiger partial charge in [0.05, 0.1) is 16.8 Å². The van der Waals surface area contributed by atoms with Gasteiger partial charge in [0.25, 0.3) is 0 Å². The summed E-state index contributed by atoms with van der Waals surface area (Å²) in [4.78, 5) is 12.5. The summed E-state index contributed by atoms with van der Waals surface area (Å²) in [6.45, 7) is 6.15. The summed E-state index contributed by atoms with van der Waals surface area (Å²) in [5.74, 6) is -0.300. The van der Waals surface area contributed by atoms with Gasteiger partial charge >= 0.3 is 0 Å². The van der Waals surface area contributed by atoms with Crippen molar-refractivity contribution >= 4 is 48.9 Å². The van der Waals surface area contributed by atoms with Crippen LogP contribution < -0.4 is 9.62 Å². The van der Waals surface area contributed by atoms with Crippen LogP contribution in [0.25, 0.3) is 0 Å². The SMILES string of the molecule is CCN(CC)S(=O)(=O)c1ccc(NC(=O)CCCN(c2cccc(Cl)c2C)S(C)(=O)=O)cc1. The summed E-state index contributed by atoms with van der Waals surface area (Å²) in [7, 11) is -7.13. The van der Waals surface area contributed by atoms with Gasteiger partial charge in [0.15, 0.2) is 0 Å². The number of amides is 1. The number of sulfonamides is 2. The van der Waals surface area contributed by atoms with Gasteiger partial charge in [-0.05, 0) is 55.3 Å². The molecular formula is C22H30ClN3O5S2. The molecule has 0 aliphatic heterocycles. The highest BCUT2D eigenvalue weighted by Gasteiger charge is 2.22. The number of hydrogen-bond donors (Lipinski definition) is 1. The molecule has 0 aromatic heterocycles. The molecule has 2 rings (SSSR count). The average molecular weight is 516 g/mol. The third-order valence-electron chi connectivity index (χ3n) is 5.15. The van der Waals surface area contributed by atoms with E-state index in [4.69, 9.17) is 11.6 Å². The van der Waals surface area contributed by atoms with Crippen molar-refractivity contribution in [2.24, 2.45) is 0 Å². The van der Waals surface area contributed by atoms with Crippen LogP contribution in [0, 0.1) is 6.92 Å². The van der Waals surface area contributed by atoms with Crippen molar-refractivity contribution in [1.29, 1.82) is 0 Å². The molecule has 11 heteroatoms. The zero-order valence-corrected chi connectivity index (χ0v) is 21.6. The summed E-state index contributed by atoms with van der Waals surface area (Å²) < 4.78 is 52.3. The number of benzene rings is 2. The van der Waals surface area contributed by atoms with Gasteiger partial charge in [-0.25, -0.2) is 16.8 Å². The standard InChI is InChI=1S/C22H30ClN3O5S2/c1-5-25(6-2)33(30,31)19-14-12-18(13-15-19)24-22(27)11-8-16-26(32(4,28)29)21-10-7-9-20(23)17(21)3/h7,9-10,12-15H,5-6,8,11,16H2,1-4H3,(H,24,27). The molecule has 1 N–H and O–H groups in total. The third-order valence-corrected chi connectivity index (χ3v) is 8.81. The quantitative estimate of drug-likeness (QED) is 0.489. The number of nitrogens with zero attached hydrogens (tertiary/aromatic N) is 2. The Hall–Kier alpha value is -2.14. The Morgan fingerprint density at radius 2 is 1.61 bits per heavy atom. The Labute approximate surface area is 201 Å². The number of carbonyl (C=O) groups is 1. The first kappa shape index (κ1) is 27.1. The summed E-state index contributed by atoms with van der Waals surface area (Å²) in [6, 6.07) is 11.0. The second-order valence-corrected chi connectivity index (χ2v) is 11.7. The van der Waals surface area contributed by atoms with Crippen molar-refractivity contribution in [1.82, 2.24) is 4.31 Å². The number of anilines is 2. The molecular weight excluding hydrogens is 486 g/mol. The molecule has 0 aliphatic carbocycles. The second kappa shape index (κ2) is 11.3. The lowest BCUT2D eigenvalue weighted by Gasteiger charge is -2.24. The van der Waals surface area contributed by atoms with Crippen molar-refractivity contribution in [2.45, 2.75) is 38.5 Å². The zero-order chi connectivity index (χ0) is 24.8. The van der Waals surface area contributed by atoms with E-state index in [1.165, 1.54) is 32.9 Å². The summed E-state index contributed by atoms with van der Waals surface area (Å²) in [5.41, 5.74) is 1.59. The smallest absolute Gasteiger partial charge is 0.243 e. The van der Waals surface area contributed by atoms with E-state index in [0.717, 1.165) is 6.26 Å². The maximum absolute atomic E-state index is 12.6. The van der Waals surface area contributed by atoms with Crippen LogP contribution in [0.3, 0.4) is 0 Å². The minimum Gasteiger partial charge on any atom is -0.326 e. The van der Waals surface area contributed by atoms with Crippen LogP contribution in [0.1, 0.15) is 32.3 Å². The van der Waals surface area contributed by atoms with Crippen molar-refractivity contribution in [2.75, 3.05) is 35.5 Å². The molecule has 0 spiro atoms. The van der Waals surface area contributed by atoms with E-state index in [1.54, 1.807) is 39.0 Å². The summed E-state index contributed by atoms with van der Waals surface area (Å²) in [5, 5.41) is 3.18. The van der Waals surface area contributed by atoms with Crippen LogP contribution in [0.15, 0.2) is 47.4 Å². The molecule has 0 radical (unpaired) electrons. The van der Waals surface area contributed by atoms with Gasteiger partial charge in [-0.1, -0.05) is 31.5 Å². The highest BCUT2D eigenvalue weighted by atomic mass is 35.5. The van der Waals surface area contributed by atoms with E-state index in [0.29, 0.717) is 41.5 Å². The van der Waals surface area contributed by atoms with Crippen LogP contribution in [0.4, 0.5) is 11.4 Å². The van der Waals surface area contributed by atoms with Gasteiger partial charge in [0, 0.05) is 36.8 Å². The Morgan fingerprint density at radius 1 is 1.00 bits per heavy atom. The lowest BCUT2D eigenvalue weighted by molar-refractivity contribution is -0.116. The molecule has 0 unspecified atom stereocenters. The lowest BCUT2D eigenvalue weighted by Crippen LogP contribution is -2.32. The fourth-order valence-corrected chi connectivity index (χ4v) is 6.00. The largest absolute Gasteiger partial charge is 0.326 e. The minimum atomic E-state index is -3.57. The van der Waals surface area contributed by atoms with Crippen LogP contribution in [-0.4, -0.2) is 52.9 Å². The molecule has 1 amide bonds. The zero-order valence-electron chi connectivity index (χ0n) is 19.2. The van der Waals surface area contributed by atoms with Gasteiger partial charge in [-0.2, -0.15) is 4.31 Å². The Kier molecular flexibility index (Phi) is 9.30. The molecule has 0 bridgehead atoms. The van der Waals surface area contributed by atoms with Crippen LogP contribution in [-0.2, 0) is 24.8 Å². The lowest BCUT2D eigenvalue weighted by atomic mass is 10.2. The minimum absolute atomic E-state index is 0.0884. The molecule has 0 atom stereocenters. The van der Waals surface area contributed by atoms with Crippen molar-refractivity contribution in [3.8, 4) is 0 Å². The Bertz CT molecular complexity index is 1180. The molecule has 2 aromatic carbocycles. The molecule has 0 saturated heterocycles. The maximum atomic E-state index is 12.6. The molecule has 2 aromatic rings. The Balaban J connectivity index is 2.01.